The number of benzene rings is 1. The number of rotatable bonds is 8. The van der Waals surface area contributed by atoms with Crippen molar-refractivity contribution in [2.24, 2.45) is 5.73 Å². The minimum Gasteiger partial charge on any atom is -0.382 e. The maximum Gasteiger partial charge on any atom is 0.242 e. The molecule has 0 saturated heterocycles. The van der Waals surface area contributed by atoms with Gasteiger partial charge in [0.25, 0.3) is 0 Å². The van der Waals surface area contributed by atoms with Gasteiger partial charge in [0.15, 0.2) is 0 Å². The van der Waals surface area contributed by atoms with E-state index in [1.165, 1.54) is 19.3 Å². The van der Waals surface area contributed by atoms with E-state index in [0.29, 0.717) is 5.03 Å². The average Bonchev–Trinajstić information content (AvgIpc) is 2.48. The number of ether oxygens (including phenoxy) is 1. The van der Waals surface area contributed by atoms with Crippen molar-refractivity contribution in [3.8, 4) is 6.07 Å². The molecule has 0 radical (unpaired) electrons. The van der Waals surface area contributed by atoms with Gasteiger partial charge in [-0.3, -0.25) is 4.79 Å². The summed E-state index contributed by atoms with van der Waals surface area (Å²) >= 11 is 4.15. The zero-order valence-electron chi connectivity index (χ0n) is 13.2. The third kappa shape index (κ3) is 5.57. The molecule has 0 aromatic heterocycles. The zero-order valence-corrected chi connectivity index (χ0v) is 14.1. The van der Waals surface area contributed by atoms with Crippen LogP contribution in [-0.2, 0) is 9.53 Å². The Kier molecular flexibility index (Phi) is 7.23. The Balaban J connectivity index is 3.19. The molecule has 128 valence electrons. The van der Waals surface area contributed by atoms with Gasteiger partial charge in [0.2, 0.25) is 5.91 Å². The lowest BCUT2D eigenvalue weighted by molar-refractivity contribution is -0.119. The number of primary amides is 1. The molecule has 0 fully saturated rings. The van der Waals surface area contributed by atoms with Crippen LogP contribution in [0.25, 0.3) is 0 Å². The lowest BCUT2D eigenvalue weighted by Gasteiger charge is -2.18. The number of nitrogens with two attached hydrogens (primary N) is 1. The van der Waals surface area contributed by atoms with Crippen molar-refractivity contribution in [3.05, 3.63) is 34.6 Å². The Morgan fingerprint density at radius 3 is 2.75 bits per heavy atom. The largest absolute Gasteiger partial charge is 0.382 e. The fraction of sp³-hybridized carbons (Fsp3) is 0.267. The van der Waals surface area contributed by atoms with Crippen LogP contribution in [0.4, 0.5) is 15.8 Å². The Labute approximate surface area is 144 Å². The van der Waals surface area contributed by atoms with E-state index in [-0.39, 0.29) is 29.3 Å². The molecule has 0 spiro atoms. The first-order chi connectivity index (χ1) is 11.3. The smallest absolute Gasteiger partial charge is 0.242 e. The SMILES string of the molecule is COC[C@@H](Nc1cc(N/C(S)=C/C(C)=N)c(C#N)cc1F)C(N)=O. The fourth-order valence-electron chi connectivity index (χ4n) is 1.81. The minimum absolute atomic E-state index is 0.0231. The van der Waals surface area contributed by atoms with Crippen LogP contribution < -0.4 is 16.4 Å². The highest BCUT2D eigenvalue weighted by atomic mass is 32.1. The first kappa shape index (κ1) is 19.5. The Morgan fingerprint density at radius 2 is 2.25 bits per heavy atom. The highest BCUT2D eigenvalue weighted by Crippen LogP contribution is 2.26. The van der Waals surface area contributed by atoms with E-state index in [2.05, 4.69) is 23.3 Å². The van der Waals surface area contributed by atoms with Crippen molar-refractivity contribution in [1.82, 2.24) is 0 Å². The number of nitriles is 1. The second-order valence-electron chi connectivity index (χ2n) is 4.88. The van der Waals surface area contributed by atoms with E-state index < -0.39 is 17.8 Å². The van der Waals surface area contributed by atoms with Crippen LogP contribution in [0.15, 0.2) is 23.2 Å². The van der Waals surface area contributed by atoms with E-state index >= 15 is 0 Å². The molecule has 0 heterocycles. The maximum absolute atomic E-state index is 14.1. The number of amides is 1. The number of methoxy groups -OCH3 is 1. The molecule has 5 N–H and O–H groups in total. The molecule has 1 aromatic rings. The summed E-state index contributed by atoms with van der Waals surface area (Å²) in [6, 6.07) is 3.28. The summed E-state index contributed by atoms with van der Waals surface area (Å²) in [6.45, 7) is 1.52. The van der Waals surface area contributed by atoms with Gasteiger partial charge in [-0.25, -0.2) is 4.39 Å². The van der Waals surface area contributed by atoms with Crippen LogP contribution in [0.2, 0.25) is 0 Å². The first-order valence-corrected chi connectivity index (χ1v) is 7.24. The van der Waals surface area contributed by atoms with Crippen LogP contribution in [0.1, 0.15) is 12.5 Å². The average molecular weight is 351 g/mol. The van der Waals surface area contributed by atoms with Gasteiger partial charge >= 0.3 is 0 Å². The van der Waals surface area contributed by atoms with Gasteiger partial charge in [0.1, 0.15) is 17.9 Å². The molecule has 0 aliphatic rings. The van der Waals surface area contributed by atoms with E-state index in [1.807, 2.05) is 6.07 Å². The lowest BCUT2D eigenvalue weighted by Crippen LogP contribution is -2.39. The number of anilines is 2. The van der Waals surface area contributed by atoms with Gasteiger partial charge in [-0.05, 0) is 25.1 Å². The highest BCUT2D eigenvalue weighted by Gasteiger charge is 2.18. The number of allylic oxidation sites excluding steroid dienone is 1. The maximum atomic E-state index is 14.1. The second kappa shape index (κ2) is 8.90. The van der Waals surface area contributed by atoms with Crippen molar-refractivity contribution in [1.29, 1.82) is 10.7 Å². The van der Waals surface area contributed by atoms with E-state index in [9.17, 15) is 9.18 Å². The molecule has 1 atom stereocenters. The molecule has 0 aliphatic carbocycles. The summed E-state index contributed by atoms with van der Waals surface area (Å²) in [5.41, 5.74) is 5.77. The minimum atomic E-state index is -0.930. The Hall–Kier alpha value is -2.57. The van der Waals surface area contributed by atoms with Gasteiger partial charge in [0, 0.05) is 12.8 Å². The van der Waals surface area contributed by atoms with Gasteiger partial charge in [-0.1, -0.05) is 0 Å². The first-order valence-electron chi connectivity index (χ1n) is 6.79. The topological polar surface area (TPSA) is 124 Å². The van der Waals surface area contributed by atoms with Crippen molar-refractivity contribution >= 4 is 35.6 Å². The van der Waals surface area contributed by atoms with Crippen LogP contribution >= 0.6 is 12.6 Å². The number of hydrogen-bond donors (Lipinski definition) is 5. The van der Waals surface area contributed by atoms with Gasteiger partial charge < -0.3 is 26.5 Å². The van der Waals surface area contributed by atoms with E-state index in [0.717, 1.165) is 6.07 Å². The molecule has 0 bridgehead atoms. The van der Waals surface area contributed by atoms with Crippen molar-refractivity contribution in [2.45, 2.75) is 13.0 Å². The molecular formula is C15H18FN5O2S. The van der Waals surface area contributed by atoms with Crippen LogP contribution in [-0.4, -0.2) is 31.4 Å². The van der Waals surface area contributed by atoms with Gasteiger partial charge in [-0.15, -0.1) is 12.6 Å². The molecule has 1 amide bonds. The highest BCUT2D eigenvalue weighted by molar-refractivity contribution is 7.84. The van der Waals surface area contributed by atoms with Crippen LogP contribution in [0, 0.1) is 22.6 Å². The number of nitrogens with one attached hydrogen (secondary N) is 3. The number of thiol groups is 1. The summed E-state index contributed by atoms with van der Waals surface area (Å²) < 4.78 is 19.0. The Morgan fingerprint density at radius 1 is 1.58 bits per heavy atom. The summed E-state index contributed by atoms with van der Waals surface area (Å²) in [7, 11) is 1.39. The number of halogens is 1. The molecule has 0 aliphatic heterocycles. The zero-order chi connectivity index (χ0) is 18.3. The Bertz CT molecular complexity index is 715. The van der Waals surface area contributed by atoms with Crippen LogP contribution in [0.5, 0.6) is 0 Å². The fourth-order valence-corrected chi connectivity index (χ4v) is 2.12. The monoisotopic (exact) mass is 351 g/mol. The summed E-state index contributed by atoms with van der Waals surface area (Å²) in [5, 5.41) is 22.3. The normalized spacial score (nSPS) is 12.2. The van der Waals surface area contributed by atoms with E-state index in [1.54, 1.807) is 6.92 Å². The van der Waals surface area contributed by atoms with Crippen LogP contribution in [0.3, 0.4) is 0 Å². The molecule has 0 unspecified atom stereocenters. The standard InChI is InChI=1S/C15H18FN5O2S/c1-8(18)3-14(24)21-11-5-12(10(16)4-9(11)6-17)20-13(7-23-2)15(19)22/h3-5,13,18,20-21,24H,7H2,1-2H3,(H2,19,22)/b14-3-,18-8?/t13-/m1/s1. The number of carbonyl (C=O) groups excluding carboxylic acids is 1. The predicted molar refractivity (Wildman–Crippen MR) is 93.7 cm³/mol. The molecule has 9 heteroatoms. The van der Waals surface area contributed by atoms with E-state index in [4.69, 9.17) is 21.1 Å². The number of hydrogen-bond acceptors (Lipinski definition) is 7. The molecule has 24 heavy (non-hydrogen) atoms. The van der Waals surface area contributed by atoms with Gasteiger partial charge in [-0.2, -0.15) is 5.26 Å². The number of nitrogens with zero attached hydrogens (tertiary/aromatic N) is 1. The van der Waals surface area contributed by atoms with Crippen molar-refractivity contribution < 1.29 is 13.9 Å². The van der Waals surface area contributed by atoms with Crippen molar-refractivity contribution in [2.75, 3.05) is 24.4 Å². The predicted octanol–water partition coefficient (Wildman–Crippen LogP) is 1.83. The van der Waals surface area contributed by atoms with Crippen molar-refractivity contribution in [3.63, 3.8) is 0 Å². The number of carbonyl (C=O) groups is 1. The molecule has 1 aromatic carbocycles. The third-order valence-corrected chi connectivity index (χ3v) is 3.09. The summed E-state index contributed by atoms with van der Waals surface area (Å²) in [6.07, 6.45) is 1.43. The molecule has 1 rings (SSSR count). The summed E-state index contributed by atoms with van der Waals surface area (Å²) in [4.78, 5) is 11.4. The lowest BCUT2D eigenvalue weighted by atomic mass is 10.1. The quantitative estimate of drug-likeness (QED) is 0.361. The molecule has 0 saturated carbocycles. The van der Waals surface area contributed by atoms with Gasteiger partial charge in [0.05, 0.1) is 28.6 Å². The molecular weight excluding hydrogens is 333 g/mol. The third-order valence-electron chi connectivity index (χ3n) is 2.85. The molecule has 7 nitrogen and oxygen atoms in total. The summed E-state index contributed by atoms with van der Waals surface area (Å²) in [5.74, 6) is -1.42. The second-order valence-corrected chi connectivity index (χ2v) is 5.36.